The minimum atomic E-state index is -0.652. The van der Waals surface area contributed by atoms with E-state index in [9.17, 15) is 4.79 Å². The van der Waals surface area contributed by atoms with Gasteiger partial charge in [0, 0.05) is 22.0 Å². The summed E-state index contributed by atoms with van der Waals surface area (Å²) in [6, 6.07) is 15.5. The van der Waals surface area contributed by atoms with Crippen LogP contribution in [-0.4, -0.2) is 5.72 Å². The second-order valence-corrected chi connectivity index (χ2v) is 8.53. The van der Waals surface area contributed by atoms with Gasteiger partial charge in [-0.1, -0.05) is 41.9 Å². The minimum Gasteiger partial charge on any atom is -0.467 e. The fourth-order valence-corrected chi connectivity index (χ4v) is 4.18. The molecule has 5 heteroatoms. The van der Waals surface area contributed by atoms with Crippen LogP contribution in [0.25, 0.3) is 11.0 Å². The van der Waals surface area contributed by atoms with Crippen molar-refractivity contribution in [2.24, 2.45) is 0 Å². The molecule has 26 heavy (non-hydrogen) atoms. The van der Waals surface area contributed by atoms with E-state index in [2.05, 4.69) is 35.1 Å². The molecule has 0 saturated heterocycles. The Morgan fingerprint density at radius 1 is 1.04 bits per heavy atom. The highest BCUT2D eigenvalue weighted by molar-refractivity contribution is 9.10. The highest BCUT2D eigenvalue weighted by Gasteiger charge is 2.45. The zero-order valence-electron chi connectivity index (χ0n) is 14.9. The number of benzene rings is 2. The summed E-state index contributed by atoms with van der Waals surface area (Å²) in [4.78, 5) is 12.6. The first kappa shape index (κ1) is 17.2. The highest BCUT2D eigenvalue weighted by atomic mass is 79.9. The number of ether oxygens (including phenoxy) is 1. The molecule has 1 unspecified atom stereocenters. The summed E-state index contributed by atoms with van der Waals surface area (Å²) in [5, 5.41) is 4.31. The van der Waals surface area contributed by atoms with Crippen LogP contribution in [0.1, 0.15) is 32.8 Å². The third kappa shape index (κ3) is 2.90. The molecule has 2 heterocycles. The van der Waals surface area contributed by atoms with E-state index in [0.717, 1.165) is 15.5 Å². The van der Waals surface area contributed by atoms with Crippen molar-refractivity contribution in [3.8, 4) is 5.75 Å². The van der Waals surface area contributed by atoms with Gasteiger partial charge in [0.2, 0.25) is 0 Å². The van der Waals surface area contributed by atoms with E-state index in [-0.39, 0.29) is 5.63 Å². The summed E-state index contributed by atoms with van der Waals surface area (Å²) in [7, 11) is 0. The quantitative estimate of drug-likeness (QED) is 0.567. The van der Waals surface area contributed by atoms with Crippen molar-refractivity contribution >= 4 is 32.6 Å². The van der Waals surface area contributed by atoms with Gasteiger partial charge in [-0.3, -0.25) is 0 Å². The van der Waals surface area contributed by atoms with Crippen LogP contribution < -0.4 is 15.7 Å². The number of para-hydroxylation sites is 1. The first-order valence-electron chi connectivity index (χ1n) is 8.57. The van der Waals surface area contributed by atoms with Gasteiger partial charge in [-0.15, -0.1) is 0 Å². The number of hydrogen-bond acceptors (Lipinski definition) is 4. The number of nitrogens with one attached hydrogen (secondary N) is 1. The van der Waals surface area contributed by atoms with Crippen LogP contribution in [0.15, 0.2) is 62.2 Å². The van der Waals surface area contributed by atoms with Crippen molar-refractivity contribution in [1.29, 1.82) is 0 Å². The molecule has 0 radical (unpaired) electrons. The maximum atomic E-state index is 12.6. The Balaban J connectivity index is 1.84. The average Bonchev–Trinajstić information content (AvgIpc) is 2.55. The molecule has 4 nitrogen and oxygen atoms in total. The summed E-state index contributed by atoms with van der Waals surface area (Å²) < 4.78 is 13.0. The number of rotatable bonds is 2. The summed E-state index contributed by atoms with van der Waals surface area (Å²) in [5.41, 5.74) is 0.735. The Bertz CT molecular complexity index is 1040. The van der Waals surface area contributed by atoms with E-state index in [1.54, 1.807) is 6.07 Å². The Morgan fingerprint density at radius 2 is 1.73 bits per heavy atom. The molecule has 1 N–H and O–H groups in total. The van der Waals surface area contributed by atoms with Crippen molar-refractivity contribution in [1.82, 2.24) is 0 Å². The molecular formula is C21H20BrNO3. The first-order valence-corrected chi connectivity index (χ1v) is 9.36. The zero-order valence-corrected chi connectivity index (χ0v) is 16.5. The molecule has 3 aromatic rings. The number of halogens is 1. The molecule has 1 atom stereocenters. The van der Waals surface area contributed by atoms with E-state index in [4.69, 9.17) is 9.15 Å². The van der Waals surface area contributed by atoms with Crippen LogP contribution in [0.4, 0.5) is 5.69 Å². The van der Waals surface area contributed by atoms with Crippen LogP contribution in [0.5, 0.6) is 5.75 Å². The molecule has 0 aliphatic carbocycles. The van der Waals surface area contributed by atoms with E-state index >= 15 is 0 Å². The Morgan fingerprint density at radius 3 is 2.46 bits per heavy atom. The molecule has 0 fully saturated rings. The van der Waals surface area contributed by atoms with Gasteiger partial charge in [0.15, 0.2) is 5.72 Å². The zero-order chi connectivity index (χ0) is 18.5. The molecule has 0 saturated carbocycles. The predicted octanol–water partition coefficient (Wildman–Crippen LogP) is 5.44. The molecule has 0 bridgehead atoms. The molecule has 1 aliphatic heterocycles. The van der Waals surface area contributed by atoms with Crippen LogP contribution in [0, 0.1) is 0 Å². The topological polar surface area (TPSA) is 51.5 Å². The van der Waals surface area contributed by atoms with Crippen molar-refractivity contribution in [2.45, 2.75) is 38.3 Å². The van der Waals surface area contributed by atoms with Gasteiger partial charge in [-0.25, -0.2) is 4.79 Å². The molecule has 4 rings (SSSR count). The Kier molecular flexibility index (Phi) is 3.88. The first-order chi connectivity index (χ1) is 12.3. The van der Waals surface area contributed by atoms with E-state index in [0.29, 0.717) is 23.3 Å². The largest absolute Gasteiger partial charge is 0.467 e. The Hall–Kier alpha value is -2.27. The monoisotopic (exact) mass is 413 g/mol. The Labute approximate surface area is 160 Å². The van der Waals surface area contributed by atoms with Crippen molar-refractivity contribution in [3.63, 3.8) is 0 Å². The van der Waals surface area contributed by atoms with Crippen molar-refractivity contribution < 1.29 is 9.15 Å². The van der Waals surface area contributed by atoms with Gasteiger partial charge in [0.05, 0.1) is 10.9 Å². The summed E-state index contributed by atoms with van der Waals surface area (Å²) in [6.45, 7) is 6.13. The second-order valence-electron chi connectivity index (χ2n) is 7.62. The van der Waals surface area contributed by atoms with Gasteiger partial charge in [-0.05, 0) is 43.3 Å². The third-order valence-electron chi connectivity index (χ3n) is 4.80. The van der Waals surface area contributed by atoms with Crippen molar-refractivity contribution in [3.05, 3.63) is 69.0 Å². The van der Waals surface area contributed by atoms with E-state index < -0.39 is 11.1 Å². The number of anilines is 1. The summed E-state index contributed by atoms with van der Waals surface area (Å²) in [5.74, 6) is 0.611. The second kappa shape index (κ2) is 5.88. The van der Waals surface area contributed by atoms with Gasteiger partial charge in [0.25, 0.3) is 0 Å². The lowest BCUT2D eigenvalue weighted by Crippen LogP contribution is -2.51. The maximum Gasteiger partial charge on any atom is 0.343 e. The van der Waals surface area contributed by atoms with Crippen LogP contribution in [0.3, 0.4) is 0 Å². The average molecular weight is 414 g/mol. The van der Waals surface area contributed by atoms with E-state index in [1.807, 2.05) is 49.4 Å². The number of hydrogen-bond donors (Lipinski definition) is 1. The SMILES string of the molecule is CC1(Nc2ccc(Br)cc2)CC(C)(C)c2c(c3ccccc3oc2=O)O1. The lowest BCUT2D eigenvalue weighted by Gasteiger charge is -2.44. The molecular weight excluding hydrogens is 394 g/mol. The normalized spacial score (nSPS) is 21.1. The van der Waals surface area contributed by atoms with Gasteiger partial charge in [0.1, 0.15) is 11.3 Å². The fourth-order valence-electron chi connectivity index (χ4n) is 3.91. The lowest BCUT2D eigenvalue weighted by atomic mass is 9.76. The fraction of sp³-hybridized carbons (Fsp3) is 0.286. The molecule has 2 aromatic carbocycles. The predicted molar refractivity (Wildman–Crippen MR) is 107 cm³/mol. The summed E-state index contributed by atoms with van der Waals surface area (Å²) in [6.07, 6.45) is 0.631. The molecule has 1 aromatic heterocycles. The van der Waals surface area contributed by atoms with Crippen LogP contribution >= 0.6 is 15.9 Å². The summed E-state index contributed by atoms with van der Waals surface area (Å²) >= 11 is 3.45. The smallest absolute Gasteiger partial charge is 0.343 e. The molecule has 1 aliphatic rings. The van der Waals surface area contributed by atoms with Gasteiger partial charge in [-0.2, -0.15) is 0 Å². The minimum absolute atomic E-state index is 0.325. The number of fused-ring (bicyclic) bond motifs is 3. The molecule has 0 amide bonds. The van der Waals surface area contributed by atoms with Crippen LogP contribution in [-0.2, 0) is 5.41 Å². The molecule has 134 valence electrons. The lowest BCUT2D eigenvalue weighted by molar-refractivity contribution is 0.0615. The van der Waals surface area contributed by atoms with E-state index in [1.165, 1.54) is 0 Å². The maximum absolute atomic E-state index is 12.6. The van der Waals surface area contributed by atoms with Gasteiger partial charge < -0.3 is 14.5 Å². The van der Waals surface area contributed by atoms with Crippen LogP contribution in [0.2, 0.25) is 0 Å². The van der Waals surface area contributed by atoms with Gasteiger partial charge >= 0.3 is 5.63 Å². The standard InChI is InChI=1S/C21H20BrNO3/c1-20(2)12-21(3,23-14-10-8-13(22)9-11-14)26-18-15-6-4-5-7-16(15)25-19(24)17(18)20/h4-11,23H,12H2,1-3H3. The van der Waals surface area contributed by atoms with Crippen molar-refractivity contribution in [2.75, 3.05) is 5.32 Å². The highest BCUT2D eigenvalue weighted by Crippen LogP contribution is 2.46. The third-order valence-corrected chi connectivity index (χ3v) is 5.33. The molecule has 0 spiro atoms.